The maximum absolute atomic E-state index is 11.9. The summed E-state index contributed by atoms with van der Waals surface area (Å²) in [5.41, 5.74) is 1.11. The lowest BCUT2D eigenvalue weighted by atomic mass is 10.2. The van der Waals surface area contributed by atoms with Gasteiger partial charge in [0.15, 0.2) is 0 Å². The molecule has 0 amide bonds. The number of benzene rings is 1. The molecule has 0 unspecified atom stereocenters. The third-order valence-electron chi connectivity index (χ3n) is 2.01. The quantitative estimate of drug-likeness (QED) is 0.809. The maximum atomic E-state index is 11.9. The third kappa shape index (κ3) is 5.07. The Hall–Kier alpha value is -1.16. The summed E-state index contributed by atoms with van der Waals surface area (Å²) in [4.78, 5) is 0. The van der Waals surface area contributed by atoms with E-state index in [9.17, 15) is 8.78 Å². The highest BCUT2D eigenvalue weighted by Gasteiger charge is 2.03. The van der Waals surface area contributed by atoms with Crippen molar-refractivity contribution in [3.05, 3.63) is 29.8 Å². The van der Waals surface area contributed by atoms with Crippen molar-refractivity contribution in [1.29, 1.82) is 0 Å². The van der Waals surface area contributed by atoms with E-state index in [-0.39, 0.29) is 0 Å². The van der Waals surface area contributed by atoms with E-state index in [4.69, 9.17) is 4.74 Å². The van der Waals surface area contributed by atoms with Crippen molar-refractivity contribution in [2.75, 3.05) is 6.61 Å². The van der Waals surface area contributed by atoms with E-state index in [0.29, 0.717) is 11.8 Å². The van der Waals surface area contributed by atoms with Crippen LogP contribution in [0.5, 0.6) is 5.75 Å². The van der Waals surface area contributed by atoms with Crippen LogP contribution in [0.2, 0.25) is 0 Å². The van der Waals surface area contributed by atoms with E-state index < -0.39 is 13.0 Å². The molecule has 0 aliphatic rings. The average Bonchev–Trinajstić information content (AvgIpc) is 2.25. The Kier molecular flexibility index (Phi) is 5.19. The summed E-state index contributed by atoms with van der Waals surface area (Å²) in [6, 6.07) is 7.58. The Labute approximate surface area is 94.6 Å². The number of ether oxygens (including phenoxy) is 1. The molecule has 1 aromatic rings. The first-order valence-electron chi connectivity index (χ1n) is 5.31. The van der Waals surface area contributed by atoms with Crippen LogP contribution in [0.4, 0.5) is 8.78 Å². The van der Waals surface area contributed by atoms with Crippen LogP contribution in [0.1, 0.15) is 19.4 Å². The Morgan fingerprint density at radius 1 is 1.19 bits per heavy atom. The molecule has 0 radical (unpaired) electrons. The first-order valence-corrected chi connectivity index (χ1v) is 5.31. The lowest BCUT2D eigenvalue weighted by molar-refractivity contribution is 0.0819. The summed E-state index contributed by atoms with van der Waals surface area (Å²) >= 11 is 0. The second-order valence-electron chi connectivity index (χ2n) is 3.88. The van der Waals surface area contributed by atoms with Gasteiger partial charge in [-0.25, -0.2) is 8.78 Å². The Balaban J connectivity index is 2.41. The normalized spacial score (nSPS) is 11.1. The molecule has 0 atom stereocenters. The predicted octanol–water partition coefficient (Wildman–Crippen LogP) is 2.83. The van der Waals surface area contributed by atoms with Crippen molar-refractivity contribution in [1.82, 2.24) is 5.32 Å². The van der Waals surface area contributed by atoms with E-state index in [2.05, 4.69) is 19.2 Å². The monoisotopic (exact) mass is 229 g/mol. The van der Waals surface area contributed by atoms with Gasteiger partial charge in [-0.15, -0.1) is 0 Å². The van der Waals surface area contributed by atoms with Gasteiger partial charge < -0.3 is 10.1 Å². The number of alkyl halides is 2. The largest absolute Gasteiger partial charge is 0.488 e. The minimum Gasteiger partial charge on any atom is -0.488 e. The molecule has 0 aromatic heterocycles. The smallest absolute Gasteiger partial charge is 0.272 e. The summed E-state index contributed by atoms with van der Waals surface area (Å²) in [5, 5.41) is 3.27. The molecule has 16 heavy (non-hydrogen) atoms. The number of halogens is 2. The van der Waals surface area contributed by atoms with Gasteiger partial charge in [-0.1, -0.05) is 26.0 Å². The summed E-state index contributed by atoms with van der Waals surface area (Å²) in [5.74, 6) is 0.480. The van der Waals surface area contributed by atoms with Crippen molar-refractivity contribution in [3.63, 3.8) is 0 Å². The van der Waals surface area contributed by atoms with Crippen molar-refractivity contribution in [2.24, 2.45) is 0 Å². The first-order chi connectivity index (χ1) is 7.58. The lowest BCUT2D eigenvalue weighted by Gasteiger charge is -2.09. The van der Waals surface area contributed by atoms with Gasteiger partial charge in [-0.2, -0.15) is 0 Å². The van der Waals surface area contributed by atoms with E-state index in [1.165, 1.54) is 0 Å². The molecule has 2 nitrogen and oxygen atoms in total. The van der Waals surface area contributed by atoms with Crippen molar-refractivity contribution in [3.8, 4) is 5.75 Å². The number of hydrogen-bond acceptors (Lipinski definition) is 2. The van der Waals surface area contributed by atoms with E-state index in [1.807, 2.05) is 12.1 Å². The molecule has 0 bridgehead atoms. The SMILES string of the molecule is CC(C)NCc1ccc(OCC(F)F)cc1. The Bertz CT molecular complexity index is 267. The minimum absolute atomic E-state index is 0.426. The molecule has 1 rings (SSSR count). The third-order valence-corrected chi connectivity index (χ3v) is 2.01. The van der Waals surface area contributed by atoms with Crippen molar-refractivity contribution >= 4 is 0 Å². The van der Waals surface area contributed by atoms with Gasteiger partial charge in [-0.3, -0.25) is 0 Å². The topological polar surface area (TPSA) is 21.3 Å². The molecule has 0 heterocycles. The highest BCUT2D eigenvalue weighted by Crippen LogP contribution is 2.13. The number of nitrogens with one attached hydrogen (secondary N) is 1. The van der Waals surface area contributed by atoms with E-state index in [0.717, 1.165) is 12.1 Å². The Morgan fingerprint density at radius 2 is 1.81 bits per heavy atom. The Morgan fingerprint density at radius 3 is 2.31 bits per heavy atom. The number of hydrogen-bond donors (Lipinski definition) is 1. The fraction of sp³-hybridized carbons (Fsp3) is 0.500. The summed E-state index contributed by atoms with van der Waals surface area (Å²) < 4.78 is 28.6. The molecule has 0 spiro atoms. The molecule has 1 N–H and O–H groups in total. The van der Waals surface area contributed by atoms with Crippen LogP contribution in [0, 0.1) is 0 Å². The van der Waals surface area contributed by atoms with Gasteiger partial charge in [0.2, 0.25) is 0 Å². The zero-order chi connectivity index (χ0) is 12.0. The summed E-state index contributed by atoms with van der Waals surface area (Å²) in [6.45, 7) is 4.36. The number of rotatable bonds is 6. The molecule has 0 saturated carbocycles. The fourth-order valence-electron chi connectivity index (χ4n) is 1.18. The molecule has 1 aromatic carbocycles. The van der Waals surface area contributed by atoms with Gasteiger partial charge in [-0.05, 0) is 17.7 Å². The summed E-state index contributed by atoms with van der Waals surface area (Å²) in [7, 11) is 0. The zero-order valence-corrected chi connectivity index (χ0v) is 9.54. The van der Waals surface area contributed by atoms with Gasteiger partial charge in [0.05, 0.1) is 0 Å². The van der Waals surface area contributed by atoms with Crippen molar-refractivity contribution in [2.45, 2.75) is 32.9 Å². The first kappa shape index (κ1) is 12.9. The highest BCUT2D eigenvalue weighted by molar-refractivity contribution is 5.27. The van der Waals surface area contributed by atoms with Gasteiger partial charge >= 0.3 is 0 Å². The molecule has 4 heteroatoms. The van der Waals surface area contributed by atoms with Gasteiger partial charge in [0.25, 0.3) is 6.43 Å². The average molecular weight is 229 g/mol. The molecular weight excluding hydrogens is 212 g/mol. The van der Waals surface area contributed by atoms with E-state index in [1.54, 1.807) is 12.1 Å². The van der Waals surface area contributed by atoms with Gasteiger partial charge in [0, 0.05) is 12.6 Å². The zero-order valence-electron chi connectivity index (χ0n) is 9.54. The second kappa shape index (κ2) is 6.43. The molecule has 90 valence electrons. The standard InChI is InChI=1S/C12H17F2NO/c1-9(2)15-7-10-3-5-11(6-4-10)16-8-12(13)14/h3-6,9,12,15H,7-8H2,1-2H3. The molecular formula is C12H17F2NO. The van der Waals surface area contributed by atoms with Crippen LogP contribution in [0.3, 0.4) is 0 Å². The van der Waals surface area contributed by atoms with Gasteiger partial charge in [0.1, 0.15) is 12.4 Å². The highest BCUT2D eigenvalue weighted by atomic mass is 19.3. The molecule has 0 fully saturated rings. The molecule has 0 aliphatic heterocycles. The fourth-order valence-corrected chi connectivity index (χ4v) is 1.18. The lowest BCUT2D eigenvalue weighted by Crippen LogP contribution is -2.21. The van der Waals surface area contributed by atoms with E-state index >= 15 is 0 Å². The molecule has 0 saturated heterocycles. The van der Waals surface area contributed by atoms with Crippen LogP contribution in [0.25, 0.3) is 0 Å². The summed E-state index contributed by atoms with van der Waals surface area (Å²) in [6.07, 6.45) is -2.43. The van der Waals surface area contributed by atoms with Crippen LogP contribution >= 0.6 is 0 Å². The minimum atomic E-state index is -2.43. The van der Waals surface area contributed by atoms with Crippen LogP contribution in [-0.4, -0.2) is 19.1 Å². The van der Waals surface area contributed by atoms with Crippen molar-refractivity contribution < 1.29 is 13.5 Å². The second-order valence-corrected chi connectivity index (χ2v) is 3.88. The molecule has 0 aliphatic carbocycles. The van der Waals surface area contributed by atoms with Crippen LogP contribution in [0.15, 0.2) is 24.3 Å². The predicted molar refractivity (Wildman–Crippen MR) is 59.9 cm³/mol. The van der Waals surface area contributed by atoms with Crippen LogP contribution in [-0.2, 0) is 6.54 Å². The van der Waals surface area contributed by atoms with Crippen LogP contribution < -0.4 is 10.1 Å². The maximum Gasteiger partial charge on any atom is 0.272 e.